The van der Waals surface area contributed by atoms with Gasteiger partial charge in [-0.15, -0.1) is 0 Å². The molecule has 1 N–H and O–H groups in total. The minimum Gasteiger partial charge on any atom is -0.544 e. The molecule has 0 aromatic heterocycles. The second-order valence-corrected chi connectivity index (χ2v) is 2.02. The normalized spacial score (nSPS) is 12.3. The fourth-order valence-corrected chi connectivity index (χ4v) is 0. The van der Waals surface area contributed by atoms with E-state index in [1.807, 2.05) is 0 Å². The molecule has 0 saturated carbocycles. The minimum atomic E-state index is -1.52. The molecule has 0 saturated heterocycles. The Hall–Kier alpha value is 0. The largest absolute Gasteiger partial charge is 1.00 e. The smallest absolute Gasteiger partial charge is 0.544 e. The van der Waals surface area contributed by atoms with Gasteiger partial charge in [-0.2, -0.15) is 0 Å². The average Bonchev–Trinajstić information content (AvgIpc) is 2.26. The molecule has 0 atom stereocenters. The summed E-state index contributed by atoms with van der Waals surface area (Å²) >= 11 is 9.79. The van der Waals surface area contributed by atoms with Gasteiger partial charge in [-0.3, -0.25) is 0 Å². The maximum atomic E-state index is 10.1. The van der Waals surface area contributed by atoms with Crippen molar-refractivity contribution in [3.05, 3.63) is 23.2 Å². The van der Waals surface area contributed by atoms with Crippen LogP contribution in [0.4, 0.5) is 0 Å². The van der Waals surface area contributed by atoms with E-state index in [0.717, 1.165) is 0 Å². The number of rotatable bonds is 2. The van der Waals surface area contributed by atoms with Crippen molar-refractivity contribution in [3.8, 4) is 0 Å². The van der Waals surface area contributed by atoms with Gasteiger partial charge in [0.1, 0.15) is 5.03 Å². The van der Waals surface area contributed by atoms with Gasteiger partial charge in [-0.1, -0.05) is 36.3 Å². The van der Waals surface area contributed by atoms with Crippen molar-refractivity contribution in [2.24, 2.45) is 0 Å². The summed E-state index contributed by atoms with van der Waals surface area (Å²) in [6.45, 7) is -0.342. The molecule has 0 aliphatic carbocycles. The van der Waals surface area contributed by atoms with Crippen LogP contribution >= 0.6 is 23.2 Å². The molecule has 0 aromatic rings. The van der Waals surface area contributed by atoms with E-state index in [1.54, 1.807) is 0 Å². The van der Waals surface area contributed by atoms with Gasteiger partial charge in [0.25, 0.3) is 1.43 Å². The molecule has 0 spiro atoms. The molecule has 0 rings (SSSR count). The van der Waals surface area contributed by atoms with Crippen LogP contribution in [0.5, 0.6) is 0 Å². The quantitative estimate of drug-likeness (QED) is 0.420. The Morgan fingerprint density at radius 2 is 2.00 bits per heavy atom. The van der Waals surface area contributed by atoms with Crippen molar-refractivity contribution in [3.63, 3.8) is 0 Å². The number of carbonyl (C=O) groups is 2. The minimum absolute atomic E-state index is 0. The van der Waals surface area contributed by atoms with Crippen LogP contribution in [0.25, 0.3) is 1.43 Å². The van der Waals surface area contributed by atoms with E-state index in [-0.39, 0.29) is 29.6 Å². The molecular weight excluding hydrogens is 230 g/mol. The zero-order valence-electron chi connectivity index (χ0n) is 10.5. The average molecular weight is 239 g/mol. The molecule has 0 heterocycles. The maximum absolute atomic E-state index is 10.1. The molecule has 0 aromatic carbocycles. The number of hydrogen-bond acceptors (Lipinski definition) is 4. The van der Waals surface area contributed by atoms with Crippen LogP contribution in [0.15, 0.2) is 23.2 Å². The van der Waals surface area contributed by atoms with Gasteiger partial charge < -0.3 is 15.0 Å². The molecule has 0 amide bonds. The van der Waals surface area contributed by atoms with Gasteiger partial charge in [0.15, 0.2) is 0 Å². The first kappa shape index (κ1) is 9.55. The molecule has 4 nitrogen and oxygen atoms in total. The Morgan fingerprint density at radius 3 is 2.08 bits per heavy atom. The summed E-state index contributed by atoms with van der Waals surface area (Å²) in [4.78, 5) is 19.6. The molecule has 0 unspecified atom stereocenters. The number of aliphatic carboxylic acids is 2. The Morgan fingerprint density at radius 1 is 1.46 bits per heavy atom. The van der Waals surface area contributed by atoms with E-state index in [0.29, 0.717) is 6.55 Å². The number of hydrogen-bond donors (Lipinski definition) is 1. The standard InChI is InChI=1S/2C3H3ClO2.Na/c2*1-2(4)3(5)6;/h2*1H2,(H,5,6);/q;;+1/p-1/i1D2;1D;/hD. The number of carboxylic acids is 2. The summed E-state index contributed by atoms with van der Waals surface area (Å²) in [7, 11) is 0. The zero-order valence-corrected chi connectivity index (χ0v) is 9.98. The molecular formula is C6H5Cl2NaO4. The molecule has 0 aliphatic rings. The molecule has 13 heavy (non-hydrogen) atoms. The first-order valence-electron chi connectivity index (χ1n) is 4.22. The topological polar surface area (TPSA) is 77.4 Å². The Kier molecular flexibility index (Phi) is 7.41. The van der Waals surface area contributed by atoms with Crippen LogP contribution in [-0.4, -0.2) is 17.0 Å². The zero-order chi connectivity index (χ0) is 13.3. The van der Waals surface area contributed by atoms with Crippen LogP contribution < -0.4 is 34.7 Å². The van der Waals surface area contributed by atoms with Gasteiger partial charge in [-0.25, -0.2) is 4.79 Å². The van der Waals surface area contributed by atoms with E-state index in [1.165, 1.54) is 0 Å². The fourth-order valence-electron chi connectivity index (χ4n) is 0. The van der Waals surface area contributed by atoms with Crippen LogP contribution in [0.3, 0.4) is 0 Å². The second kappa shape index (κ2) is 10.1. The van der Waals surface area contributed by atoms with Crippen LogP contribution in [0.2, 0.25) is 0 Å². The first-order chi connectivity index (χ1) is 7.27. The summed E-state index contributed by atoms with van der Waals surface area (Å²) in [5.41, 5.74) is 0. The van der Waals surface area contributed by atoms with Crippen LogP contribution in [0, 0.1) is 0 Å². The third kappa shape index (κ3) is 18.8. The third-order valence-electron chi connectivity index (χ3n) is 0.374. The van der Waals surface area contributed by atoms with E-state index in [2.05, 4.69) is 5.11 Å². The Labute approximate surface area is 113 Å². The van der Waals surface area contributed by atoms with E-state index < -0.39 is 28.5 Å². The summed E-state index contributed by atoms with van der Waals surface area (Å²) in [5.74, 6) is -2.70. The Bertz CT molecular complexity index is 330. The number of halogens is 2. The summed E-state index contributed by atoms with van der Waals surface area (Å²) < 4.78 is 25.1. The van der Waals surface area contributed by atoms with Gasteiger partial charge in [-0.05, 0) is 0 Å². The third-order valence-corrected chi connectivity index (χ3v) is 0.683. The summed E-state index contributed by atoms with van der Waals surface area (Å²) in [5, 5.41) is 11.6. The summed E-state index contributed by atoms with van der Waals surface area (Å²) in [6.07, 6.45) is 0. The second-order valence-electron chi connectivity index (χ2n) is 1.24. The van der Waals surface area contributed by atoms with E-state index in [4.69, 9.17) is 28.7 Å². The van der Waals surface area contributed by atoms with E-state index in [9.17, 15) is 14.7 Å². The van der Waals surface area contributed by atoms with Crippen LogP contribution in [-0.2, 0) is 9.59 Å². The molecule has 0 bridgehead atoms. The maximum Gasteiger partial charge on any atom is 1.00 e. The molecule has 7 heteroatoms. The van der Waals surface area contributed by atoms with Crippen molar-refractivity contribution in [2.45, 2.75) is 0 Å². The monoisotopic (exact) mass is 238 g/mol. The van der Waals surface area contributed by atoms with Crippen molar-refractivity contribution >= 4 is 35.1 Å². The van der Waals surface area contributed by atoms with Crippen molar-refractivity contribution in [1.82, 2.24) is 0 Å². The first-order valence-corrected chi connectivity index (χ1v) is 2.99. The Balaban J connectivity index is -0.000000224. The SMILES string of the molecule is [2H]C=C(Cl)C(=O)[O-].[2H]OC(=O)C(Cl)=C([2H])[2H].[Na+]. The predicted octanol–water partition coefficient (Wildman–Crippen LogP) is -2.68. The van der Waals surface area contributed by atoms with E-state index >= 15 is 0 Å². The van der Waals surface area contributed by atoms with Gasteiger partial charge >= 0.3 is 35.5 Å². The molecule has 0 fully saturated rings. The summed E-state index contributed by atoms with van der Waals surface area (Å²) in [6, 6.07) is 0. The van der Waals surface area contributed by atoms with Gasteiger partial charge in [0, 0.05) is 0 Å². The van der Waals surface area contributed by atoms with Crippen LogP contribution in [0.1, 0.15) is 4.11 Å². The molecule has 0 aliphatic heterocycles. The van der Waals surface area contributed by atoms with Crippen molar-refractivity contribution < 1.29 is 53.5 Å². The van der Waals surface area contributed by atoms with Crippen molar-refractivity contribution in [2.75, 3.05) is 0 Å². The van der Waals surface area contributed by atoms with Gasteiger partial charge in [0.05, 0.1) is 15.1 Å². The number of carboxylic acid groups (broad SMARTS) is 2. The van der Waals surface area contributed by atoms with Crippen molar-refractivity contribution in [1.29, 1.82) is 1.43 Å². The fraction of sp³-hybridized carbons (Fsp3) is 0. The number of carbonyl (C=O) groups excluding carboxylic acids is 1. The van der Waals surface area contributed by atoms with Gasteiger partial charge in [0.2, 0.25) is 0 Å². The molecule has 68 valence electrons. The predicted molar refractivity (Wildman–Crippen MR) is 42.6 cm³/mol. The molecule has 0 radical (unpaired) electrons.